The summed E-state index contributed by atoms with van der Waals surface area (Å²) in [5, 5.41) is 1.32. The molecule has 0 atom stereocenters. The molecule has 2 nitrogen and oxygen atoms in total. The zero-order valence-corrected chi connectivity index (χ0v) is 35.9. The number of thiophene rings is 1. The molecule has 9 aromatic rings. The molecule has 61 heavy (non-hydrogen) atoms. The predicted octanol–water partition coefficient (Wildman–Crippen LogP) is 13.2. The highest BCUT2D eigenvalue weighted by Gasteiger charge is 2.53. The maximum atomic E-state index is 2.62. The van der Waals surface area contributed by atoms with Gasteiger partial charge in [-0.1, -0.05) is 142 Å². The smallest absolute Gasteiger partial charge is 0.264 e. The molecular weight excluding hydrogens is 756 g/mol. The Labute approximate surface area is 362 Å². The quantitative estimate of drug-likeness (QED) is 0.161. The molecule has 8 aromatic carbocycles. The summed E-state index contributed by atoms with van der Waals surface area (Å²) in [5.41, 5.74) is 24.6. The van der Waals surface area contributed by atoms with Crippen LogP contribution < -0.4 is 25.5 Å². The van der Waals surface area contributed by atoms with Crippen molar-refractivity contribution < 1.29 is 0 Å². The van der Waals surface area contributed by atoms with Crippen molar-refractivity contribution in [3.05, 3.63) is 209 Å². The minimum Gasteiger partial charge on any atom is -0.311 e. The molecule has 1 aromatic heterocycles. The van der Waals surface area contributed by atoms with E-state index < -0.39 is 5.41 Å². The van der Waals surface area contributed by atoms with Crippen LogP contribution in [0.4, 0.5) is 34.1 Å². The van der Waals surface area contributed by atoms with Crippen LogP contribution in [0, 0.1) is 13.8 Å². The molecule has 1 spiro atoms. The molecule has 2 aliphatic heterocycles. The van der Waals surface area contributed by atoms with Gasteiger partial charge in [0.25, 0.3) is 6.71 Å². The Balaban J connectivity index is 1.15. The molecule has 2 aliphatic carbocycles. The summed E-state index contributed by atoms with van der Waals surface area (Å²) in [6.45, 7) is 11.5. The van der Waals surface area contributed by atoms with E-state index in [9.17, 15) is 0 Å². The first kappa shape index (κ1) is 35.2. The second-order valence-electron chi connectivity index (χ2n) is 18.6. The summed E-state index contributed by atoms with van der Waals surface area (Å²) in [5.74, 6) is 0. The summed E-state index contributed by atoms with van der Waals surface area (Å²) in [6, 6.07) is 65.0. The molecule has 0 fully saturated rings. The molecule has 4 aliphatic rings. The van der Waals surface area contributed by atoms with E-state index in [1.165, 1.54) is 121 Å². The number of rotatable bonds is 2. The van der Waals surface area contributed by atoms with Gasteiger partial charge in [0.1, 0.15) is 0 Å². The van der Waals surface area contributed by atoms with Gasteiger partial charge >= 0.3 is 0 Å². The van der Waals surface area contributed by atoms with E-state index in [1.54, 1.807) is 0 Å². The summed E-state index contributed by atoms with van der Waals surface area (Å²) in [7, 11) is 0. The summed E-state index contributed by atoms with van der Waals surface area (Å²) in [6.07, 6.45) is 0. The van der Waals surface area contributed by atoms with Gasteiger partial charge in [-0.15, -0.1) is 11.3 Å². The number of nitrogens with zero attached hydrogens (tertiary/aromatic N) is 2. The molecular formula is C57H43BN2S. The van der Waals surface area contributed by atoms with Gasteiger partial charge in [0, 0.05) is 43.3 Å². The summed E-state index contributed by atoms with van der Waals surface area (Å²) in [4.78, 5) is 5.12. The Morgan fingerprint density at radius 1 is 0.492 bits per heavy atom. The zero-order chi connectivity index (χ0) is 40.9. The Kier molecular flexibility index (Phi) is 7.06. The van der Waals surface area contributed by atoms with Crippen LogP contribution in [0.5, 0.6) is 0 Å². The van der Waals surface area contributed by atoms with Crippen LogP contribution in [-0.2, 0) is 10.8 Å². The number of benzene rings is 8. The fourth-order valence-electron chi connectivity index (χ4n) is 11.5. The van der Waals surface area contributed by atoms with Crippen LogP contribution in [0.2, 0.25) is 0 Å². The maximum Gasteiger partial charge on any atom is 0.264 e. The van der Waals surface area contributed by atoms with E-state index in [1.807, 2.05) is 11.3 Å². The molecule has 13 rings (SSSR count). The van der Waals surface area contributed by atoms with Crippen molar-refractivity contribution in [2.75, 3.05) is 9.80 Å². The SMILES string of the molecule is Cc1cc2c3c(c1)N(c1ccc(C(C)(C)C)cc1)c1c(sc4cc5c(cc14)-c1ccc(C)cc1C51c4ccccc4-c4ccccc41)B3c1ccccc1N2c1ccccc1. The predicted molar refractivity (Wildman–Crippen MR) is 260 cm³/mol. The highest BCUT2D eigenvalue weighted by atomic mass is 32.1. The first-order valence-corrected chi connectivity index (χ1v) is 22.4. The average Bonchev–Trinajstić information content (AvgIpc) is 3.89. The van der Waals surface area contributed by atoms with Crippen LogP contribution in [0.3, 0.4) is 0 Å². The normalized spacial score (nSPS) is 14.7. The van der Waals surface area contributed by atoms with E-state index in [0.717, 1.165) is 0 Å². The highest BCUT2D eigenvalue weighted by Crippen LogP contribution is 2.64. The first-order chi connectivity index (χ1) is 29.7. The van der Waals surface area contributed by atoms with E-state index in [4.69, 9.17) is 0 Å². The molecule has 0 N–H and O–H groups in total. The zero-order valence-electron chi connectivity index (χ0n) is 35.0. The third kappa shape index (κ3) is 4.58. The van der Waals surface area contributed by atoms with E-state index in [2.05, 4.69) is 214 Å². The van der Waals surface area contributed by atoms with Crippen LogP contribution >= 0.6 is 11.3 Å². The third-order valence-corrected chi connectivity index (χ3v) is 15.3. The lowest BCUT2D eigenvalue weighted by Crippen LogP contribution is -2.60. The lowest BCUT2D eigenvalue weighted by atomic mass is 9.36. The number of hydrogen-bond acceptors (Lipinski definition) is 3. The van der Waals surface area contributed by atoms with E-state index in [0.29, 0.717) is 0 Å². The molecule has 0 radical (unpaired) electrons. The minimum atomic E-state index is -0.397. The van der Waals surface area contributed by atoms with Crippen LogP contribution in [0.25, 0.3) is 32.3 Å². The number of para-hydroxylation sites is 2. The van der Waals surface area contributed by atoms with Gasteiger partial charge in [0.05, 0.1) is 11.1 Å². The molecule has 0 unspecified atom stereocenters. The standard InChI is InChI=1S/C57H43BN2S/c1-34-23-28-41-42-32-43-52(33-47(42)57(46(41)29-34)44-19-11-9-17-39(44)40-18-10-12-20-45(40)57)61-55-54(43)60(38-26-24-36(25-27-38)56(3,4)5)51-31-35(2)30-50-53(51)58(55)48-21-13-14-22-49(48)59(50)37-15-7-6-8-16-37/h6-33H,1-5H3. The van der Waals surface area contributed by atoms with Crippen molar-refractivity contribution in [1.29, 1.82) is 0 Å². The maximum absolute atomic E-state index is 2.62. The molecule has 0 saturated carbocycles. The molecule has 3 heterocycles. The highest BCUT2D eigenvalue weighted by molar-refractivity contribution is 7.33. The van der Waals surface area contributed by atoms with Crippen molar-refractivity contribution in [2.24, 2.45) is 0 Å². The van der Waals surface area contributed by atoms with Gasteiger partial charge < -0.3 is 9.80 Å². The fraction of sp³-hybridized carbons (Fsp3) is 0.123. The average molecular weight is 799 g/mol. The van der Waals surface area contributed by atoms with Gasteiger partial charge in [0.15, 0.2) is 0 Å². The number of anilines is 6. The van der Waals surface area contributed by atoms with Gasteiger partial charge in [-0.05, 0) is 140 Å². The molecule has 290 valence electrons. The summed E-state index contributed by atoms with van der Waals surface area (Å²) < 4.78 is 2.74. The Hall–Kier alpha value is -6.62. The second-order valence-corrected chi connectivity index (χ2v) is 19.7. The van der Waals surface area contributed by atoms with Gasteiger partial charge in [-0.3, -0.25) is 0 Å². The molecule has 4 heteroatoms. The summed E-state index contributed by atoms with van der Waals surface area (Å²) >= 11 is 2.00. The Morgan fingerprint density at radius 3 is 1.82 bits per heavy atom. The lowest BCUT2D eigenvalue weighted by molar-refractivity contribution is 0.590. The van der Waals surface area contributed by atoms with E-state index >= 15 is 0 Å². The molecule has 0 amide bonds. The Morgan fingerprint density at radius 2 is 1.10 bits per heavy atom. The van der Waals surface area contributed by atoms with Gasteiger partial charge in [0.2, 0.25) is 0 Å². The number of hydrogen-bond donors (Lipinski definition) is 0. The Bertz CT molecular complexity index is 3290. The number of aryl methyl sites for hydroxylation is 2. The fourth-order valence-corrected chi connectivity index (χ4v) is 12.9. The molecule has 0 saturated heterocycles. The van der Waals surface area contributed by atoms with Gasteiger partial charge in [-0.25, -0.2) is 0 Å². The van der Waals surface area contributed by atoms with E-state index in [-0.39, 0.29) is 12.1 Å². The minimum absolute atomic E-state index is 0.0495. The molecule has 0 bridgehead atoms. The first-order valence-electron chi connectivity index (χ1n) is 21.6. The van der Waals surface area contributed by atoms with Crippen molar-refractivity contribution >= 4 is 78.0 Å². The van der Waals surface area contributed by atoms with Crippen molar-refractivity contribution in [3.63, 3.8) is 0 Å². The van der Waals surface area contributed by atoms with Crippen molar-refractivity contribution in [3.8, 4) is 22.3 Å². The van der Waals surface area contributed by atoms with Crippen molar-refractivity contribution in [2.45, 2.75) is 45.4 Å². The van der Waals surface area contributed by atoms with Crippen LogP contribution in [0.15, 0.2) is 170 Å². The monoisotopic (exact) mass is 798 g/mol. The number of fused-ring (bicyclic) bond motifs is 16. The van der Waals surface area contributed by atoms with Crippen molar-refractivity contribution in [1.82, 2.24) is 0 Å². The largest absolute Gasteiger partial charge is 0.311 e. The third-order valence-electron chi connectivity index (χ3n) is 14.1. The van der Waals surface area contributed by atoms with Crippen LogP contribution in [0.1, 0.15) is 59.7 Å². The van der Waals surface area contributed by atoms with Crippen LogP contribution in [-0.4, -0.2) is 6.71 Å². The van der Waals surface area contributed by atoms with Gasteiger partial charge in [-0.2, -0.15) is 0 Å². The lowest BCUT2D eigenvalue weighted by Gasteiger charge is -2.43. The topological polar surface area (TPSA) is 6.48 Å². The second kappa shape index (κ2) is 12.2.